The summed E-state index contributed by atoms with van der Waals surface area (Å²) in [5.74, 6) is -2.49. The fourth-order valence-electron chi connectivity index (χ4n) is 7.12. The number of ether oxygens (including phenoxy) is 1. The fourth-order valence-corrected chi connectivity index (χ4v) is 7.12. The molecule has 0 bridgehead atoms. The van der Waals surface area contributed by atoms with Crippen molar-refractivity contribution < 1.29 is 19.1 Å². The second-order valence-electron chi connectivity index (χ2n) is 11.3. The van der Waals surface area contributed by atoms with E-state index in [1.807, 2.05) is 30.3 Å². The van der Waals surface area contributed by atoms with Crippen LogP contribution >= 0.6 is 0 Å². The number of fused-ring (bicyclic) bond motifs is 8. The minimum atomic E-state index is -1.23. The van der Waals surface area contributed by atoms with Crippen molar-refractivity contribution in [2.45, 2.75) is 31.8 Å². The summed E-state index contributed by atoms with van der Waals surface area (Å²) >= 11 is 0. The third-order valence-corrected chi connectivity index (χ3v) is 8.64. The number of hydrogen-bond donors (Lipinski definition) is 1. The lowest BCUT2D eigenvalue weighted by molar-refractivity contribution is -0.123. The Bertz CT molecular complexity index is 1850. The lowest BCUT2D eigenvalue weighted by atomic mass is 9.75. The van der Waals surface area contributed by atoms with E-state index in [2.05, 4.69) is 19.2 Å². The van der Waals surface area contributed by atoms with Crippen molar-refractivity contribution in [2.75, 3.05) is 12.0 Å². The van der Waals surface area contributed by atoms with Gasteiger partial charge in [-0.1, -0.05) is 56.3 Å². The number of amides is 2. The van der Waals surface area contributed by atoms with Gasteiger partial charge in [0.2, 0.25) is 11.8 Å². The number of hydrogen-bond acceptors (Lipinski definition) is 7. The van der Waals surface area contributed by atoms with Crippen LogP contribution in [-0.2, 0) is 19.9 Å². The quantitative estimate of drug-likeness (QED) is 0.307. The second kappa shape index (κ2) is 8.94. The Morgan fingerprint density at radius 3 is 2.39 bits per heavy atom. The fraction of sp³-hybridized carbons (Fsp3) is 0.281. The van der Waals surface area contributed by atoms with Crippen molar-refractivity contribution in [2.24, 2.45) is 17.8 Å². The molecule has 4 aromatic rings. The summed E-state index contributed by atoms with van der Waals surface area (Å²) in [6, 6.07) is 20.7. The van der Waals surface area contributed by atoms with Gasteiger partial charge in [0.25, 0.3) is 5.56 Å². The third kappa shape index (κ3) is 3.29. The molecule has 0 radical (unpaired) electrons. The lowest BCUT2D eigenvalue weighted by Gasteiger charge is -2.32. The normalized spacial score (nSPS) is 24.3. The van der Waals surface area contributed by atoms with E-state index in [0.29, 0.717) is 28.8 Å². The maximum absolute atomic E-state index is 14.6. The van der Waals surface area contributed by atoms with Crippen LogP contribution in [-0.4, -0.2) is 40.5 Å². The molecule has 1 N–H and O–H groups in total. The molecule has 4 unspecified atom stereocenters. The van der Waals surface area contributed by atoms with E-state index in [-0.39, 0.29) is 34.7 Å². The van der Waals surface area contributed by atoms with Crippen LogP contribution in [0.15, 0.2) is 77.6 Å². The highest BCUT2D eigenvalue weighted by Crippen LogP contribution is 2.56. The molecule has 4 atom stereocenters. The molecule has 2 amide bonds. The summed E-state index contributed by atoms with van der Waals surface area (Å²) in [7, 11) is 1.26. The first-order valence-electron chi connectivity index (χ1n) is 13.7. The number of nitrogens with zero attached hydrogens (tertiary/aromatic N) is 3. The molecule has 3 aliphatic rings. The average Bonchev–Trinajstić information content (AvgIpc) is 3.55. The molecular weight excluding hydrogens is 520 g/mol. The molecule has 0 aliphatic carbocycles. The highest BCUT2D eigenvalue weighted by atomic mass is 16.5. The number of methoxy groups -OCH3 is 1. The van der Waals surface area contributed by atoms with Crippen molar-refractivity contribution in [1.82, 2.24) is 14.9 Å². The molecule has 3 aromatic carbocycles. The topological polar surface area (TPSA) is 111 Å². The van der Waals surface area contributed by atoms with Crippen LogP contribution in [0.4, 0.5) is 5.69 Å². The number of aromatic nitrogens is 2. The van der Waals surface area contributed by atoms with E-state index in [0.717, 1.165) is 10.5 Å². The number of carbonyl (C=O) groups excluding carboxylic acids is 3. The molecule has 2 saturated heterocycles. The van der Waals surface area contributed by atoms with Gasteiger partial charge in [0.05, 0.1) is 46.8 Å². The van der Waals surface area contributed by atoms with Crippen molar-refractivity contribution >= 4 is 34.4 Å². The molecule has 1 spiro atoms. The van der Waals surface area contributed by atoms with Gasteiger partial charge in [0.1, 0.15) is 11.4 Å². The second-order valence-corrected chi connectivity index (χ2v) is 11.3. The highest BCUT2D eigenvalue weighted by molar-refractivity contribution is 6.25. The molecule has 1 aromatic heterocycles. The summed E-state index contributed by atoms with van der Waals surface area (Å²) < 4.78 is 6.55. The molecule has 7 rings (SSSR count). The van der Waals surface area contributed by atoms with E-state index < -0.39 is 29.3 Å². The Balaban J connectivity index is 1.51. The number of carbonyl (C=O) groups is 3. The van der Waals surface area contributed by atoms with E-state index in [1.165, 1.54) is 7.11 Å². The minimum Gasteiger partial charge on any atom is -0.465 e. The van der Waals surface area contributed by atoms with Crippen LogP contribution in [0.5, 0.6) is 0 Å². The summed E-state index contributed by atoms with van der Waals surface area (Å²) in [4.78, 5) is 61.7. The van der Waals surface area contributed by atoms with Gasteiger partial charge in [-0.3, -0.25) is 24.3 Å². The van der Waals surface area contributed by atoms with Gasteiger partial charge in [-0.05, 0) is 42.7 Å². The maximum Gasteiger partial charge on any atom is 0.339 e. The minimum absolute atomic E-state index is 0.131. The first-order valence-corrected chi connectivity index (χ1v) is 13.7. The van der Waals surface area contributed by atoms with Crippen LogP contribution in [0.2, 0.25) is 0 Å². The van der Waals surface area contributed by atoms with Crippen LogP contribution in [0.25, 0.3) is 16.6 Å². The molecular formula is C32H28N4O5. The van der Waals surface area contributed by atoms with Crippen LogP contribution in [0.3, 0.4) is 0 Å². The van der Waals surface area contributed by atoms with Crippen molar-refractivity contribution in [3.05, 3.63) is 100 Å². The van der Waals surface area contributed by atoms with Crippen LogP contribution < -0.4 is 15.8 Å². The lowest BCUT2D eigenvalue weighted by Crippen LogP contribution is -2.50. The summed E-state index contributed by atoms with van der Waals surface area (Å²) in [5.41, 5.74) is 0.743. The Hall–Kier alpha value is -4.63. The first kappa shape index (κ1) is 25.3. The number of nitrogens with one attached hydrogen (secondary N) is 1. The van der Waals surface area contributed by atoms with Crippen molar-refractivity contribution in [3.8, 4) is 5.69 Å². The maximum atomic E-state index is 14.6. The third-order valence-electron chi connectivity index (χ3n) is 8.64. The SMILES string of the molecule is COC(=O)c1ccccc1N1C(=O)C2C(CC(C)C)NC3(c4ccccc4-n4c3nc3ccccc3c4=O)C2C1=O. The zero-order valence-corrected chi connectivity index (χ0v) is 22.8. The summed E-state index contributed by atoms with van der Waals surface area (Å²) in [6.07, 6.45) is 0.619. The number of para-hydroxylation sites is 3. The van der Waals surface area contributed by atoms with E-state index in [1.54, 1.807) is 47.0 Å². The smallest absolute Gasteiger partial charge is 0.339 e. The van der Waals surface area contributed by atoms with Crippen molar-refractivity contribution in [3.63, 3.8) is 0 Å². The largest absolute Gasteiger partial charge is 0.465 e. The van der Waals surface area contributed by atoms with Crippen LogP contribution in [0, 0.1) is 17.8 Å². The Morgan fingerprint density at radius 2 is 1.63 bits per heavy atom. The molecule has 206 valence electrons. The molecule has 3 aliphatic heterocycles. The number of imide groups is 1. The molecule has 0 saturated carbocycles. The summed E-state index contributed by atoms with van der Waals surface area (Å²) in [6.45, 7) is 4.14. The number of esters is 1. The Kier molecular flexibility index (Phi) is 5.53. The molecule has 9 nitrogen and oxygen atoms in total. The van der Waals surface area contributed by atoms with E-state index >= 15 is 0 Å². The zero-order chi connectivity index (χ0) is 28.6. The number of anilines is 1. The molecule has 4 heterocycles. The van der Waals surface area contributed by atoms with Gasteiger partial charge in [0, 0.05) is 11.6 Å². The van der Waals surface area contributed by atoms with Gasteiger partial charge >= 0.3 is 5.97 Å². The van der Waals surface area contributed by atoms with Gasteiger partial charge < -0.3 is 4.74 Å². The van der Waals surface area contributed by atoms with Gasteiger partial charge in [-0.2, -0.15) is 0 Å². The van der Waals surface area contributed by atoms with E-state index in [9.17, 15) is 19.2 Å². The predicted molar refractivity (Wildman–Crippen MR) is 152 cm³/mol. The monoisotopic (exact) mass is 548 g/mol. The predicted octanol–water partition coefficient (Wildman–Crippen LogP) is 3.55. The van der Waals surface area contributed by atoms with Gasteiger partial charge in [-0.25, -0.2) is 14.7 Å². The molecule has 2 fully saturated rings. The van der Waals surface area contributed by atoms with Crippen molar-refractivity contribution in [1.29, 1.82) is 0 Å². The highest BCUT2D eigenvalue weighted by Gasteiger charge is 2.69. The molecule has 9 heteroatoms. The van der Waals surface area contributed by atoms with Gasteiger partial charge in [0.15, 0.2) is 0 Å². The zero-order valence-electron chi connectivity index (χ0n) is 22.8. The Labute approximate surface area is 235 Å². The summed E-state index contributed by atoms with van der Waals surface area (Å²) in [5, 5.41) is 4.17. The number of benzene rings is 3. The molecule has 41 heavy (non-hydrogen) atoms. The van der Waals surface area contributed by atoms with E-state index in [4.69, 9.17) is 9.72 Å². The van der Waals surface area contributed by atoms with Gasteiger partial charge in [-0.15, -0.1) is 0 Å². The average molecular weight is 549 g/mol. The number of rotatable bonds is 4. The van der Waals surface area contributed by atoms with Crippen LogP contribution in [0.1, 0.15) is 42.0 Å². The first-order chi connectivity index (χ1) is 19.8. The standard InChI is InChI=1S/C32H28N4O5/c1-17(2)16-22-25-26(29(39)35(28(25)38)23-14-8-5-11-19(23)30(40)41-3)32(34-22)20-12-6-9-15-24(20)36-27(37)18-10-4-7-13-21(18)33-31(32)36/h4-15,17,22,25-26,34H,16H2,1-3H3. The Morgan fingerprint density at radius 1 is 0.951 bits per heavy atom.